The largest absolute Gasteiger partial charge is 0.459 e. The zero-order chi connectivity index (χ0) is 30.4. The normalized spacial score (nSPS) is 14.4. The fraction of sp³-hybridized carbons (Fsp3) is 0.233. The average Bonchev–Trinajstić information content (AvgIpc) is 3.37. The number of anilines is 1. The lowest BCUT2D eigenvalue weighted by Gasteiger charge is -2.17. The van der Waals surface area contributed by atoms with Crippen LogP contribution in [-0.2, 0) is 19.1 Å². The Labute approximate surface area is 239 Å². The zero-order valence-electron chi connectivity index (χ0n) is 22.7. The molecular formula is C30H26N2O10. The molecule has 0 aromatic heterocycles. The molecule has 4 rings (SSSR count). The Kier molecular flexibility index (Phi) is 9.05. The first-order valence-corrected chi connectivity index (χ1v) is 12.9. The van der Waals surface area contributed by atoms with E-state index in [1.807, 2.05) is 0 Å². The van der Waals surface area contributed by atoms with Crippen molar-refractivity contribution in [2.75, 3.05) is 18.1 Å². The van der Waals surface area contributed by atoms with Gasteiger partial charge in [-0.1, -0.05) is 0 Å². The van der Waals surface area contributed by atoms with E-state index in [4.69, 9.17) is 14.2 Å². The Balaban J connectivity index is 1.27. The molecule has 216 valence electrons. The third kappa shape index (κ3) is 7.22. The molecule has 0 spiro atoms. The molecule has 0 saturated carbocycles. The molecule has 3 aromatic rings. The second kappa shape index (κ2) is 12.9. The standard InChI is InChI=1S/C30H26N2O10/c1-18(2)41-29(36)20-3-9-23(10-4-20)31-16-22(15-27(31)34)28(35)40-17-26(33)19-7-13-25(14-8-19)42-30(37)21-5-11-24(12-6-21)32(38)39/h3-14,18,22H,15-17H2,1-2H3/t22-/m1/s1. The van der Waals surface area contributed by atoms with Gasteiger partial charge in [0.15, 0.2) is 12.4 Å². The molecule has 1 heterocycles. The van der Waals surface area contributed by atoms with Crippen LogP contribution in [0.25, 0.3) is 0 Å². The number of Topliss-reactive ketones (excluding diaryl/α,β-unsaturated/α-hetero) is 1. The molecule has 1 saturated heterocycles. The van der Waals surface area contributed by atoms with Crippen molar-refractivity contribution in [3.63, 3.8) is 0 Å². The second-order valence-electron chi connectivity index (χ2n) is 9.66. The number of nitro groups is 1. The van der Waals surface area contributed by atoms with E-state index in [2.05, 4.69) is 0 Å². The maximum atomic E-state index is 12.6. The third-order valence-electron chi connectivity index (χ3n) is 6.26. The van der Waals surface area contributed by atoms with Crippen LogP contribution in [0.1, 0.15) is 51.3 Å². The van der Waals surface area contributed by atoms with E-state index in [0.29, 0.717) is 11.3 Å². The van der Waals surface area contributed by atoms with Crippen molar-refractivity contribution in [1.29, 1.82) is 0 Å². The molecule has 1 amide bonds. The summed E-state index contributed by atoms with van der Waals surface area (Å²) in [6.45, 7) is 3.00. The first kappa shape index (κ1) is 29.6. The lowest BCUT2D eigenvalue weighted by Crippen LogP contribution is -2.27. The summed E-state index contributed by atoms with van der Waals surface area (Å²) in [5, 5.41) is 10.7. The average molecular weight is 575 g/mol. The highest BCUT2D eigenvalue weighted by molar-refractivity contribution is 6.01. The molecule has 0 bridgehead atoms. The topological polar surface area (TPSA) is 159 Å². The molecule has 12 heteroatoms. The van der Waals surface area contributed by atoms with Crippen LogP contribution in [-0.4, -0.2) is 53.8 Å². The van der Waals surface area contributed by atoms with Gasteiger partial charge in [0, 0.05) is 36.3 Å². The smallest absolute Gasteiger partial charge is 0.343 e. The van der Waals surface area contributed by atoms with Crippen molar-refractivity contribution in [3.8, 4) is 5.75 Å². The Morgan fingerprint density at radius 1 is 0.881 bits per heavy atom. The van der Waals surface area contributed by atoms with Gasteiger partial charge in [-0.05, 0) is 74.5 Å². The van der Waals surface area contributed by atoms with Gasteiger partial charge in [0.1, 0.15) is 5.75 Å². The maximum Gasteiger partial charge on any atom is 0.343 e. The number of carbonyl (C=O) groups is 5. The zero-order valence-corrected chi connectivity index (χ0v) is 22.7. The maximum absolute atomic E-state index is 12.6. The summed E-state index contributed by atoms with van der Waals surface area (Å²) < 4.78 is 15.6. The van der Waals surface area contributed by atoms with Gasteiger partial charge < -0.3 is 19.1 Å². The molecule has 1 fully saturated rings. The summed E-state index contributed by atoms with van der Waals surface area (Å²) in [5.41, 5.74) is 1.01. The molecule has 0 radical (unpaired) electrons. The predicted octanol–water partition coefficient (Wildman–Crippen LogP) is 4.16. The highest BCUT2D eigenvalue weighted by Crippen LogP contribution is 2.26. The number of non-ortho nitro benzene ring substituents is 1. The molecule has 12 nitrogen and oxygen atoms in total. The van der Waals surface area contributed by atoms with Crippen LogP contribution in [0, 0.1) is 16.0 Å². The summed E-state index contributed by atoms with van der Waals surface area (Å²) in [7, 11) is 0. The van der Waals surface area contributed by atoms with Crippen LogP contribution < -0.4 is 9.64 Å². The molecule has 1 atom stereocenters. The van der Waals surface area contributed by atoms with Crippen molar-refractivity contribution >= 4 is 41.0 Å². The summed E-state index contributed by atoms with van der Waals surface area (Å²) in [6.07, 6.45) is -0.352. The van der Waals surface area contributed by atoms with Crippen LogP contribution in [0.3, 0.4) is 0 Å². The predicted molar refractivity (Wildman–Crippen MR) is 147 cm³/mol. The molecule has 42 heavy (non-hydrogen) atoms. The van der Waals surface area contributed by atoms with Crippen molar-refractivity contribution < 1.29 is 43.1 Å². The summed E-state index contributed by atoms with van der Waals surface area (Å²) in [6, 6.07) is 16.8. The molecular weight excluding hydrogens is 548 g/mol. The highest BCUT2D eigenvalue weighted by Gasteiger charge is 2.36. The van der Waals surface area contributed by atoms with Gasteiger partial charge in [0.25, 0.3) is 5.69 Å². The van der Waals surface area contributed by atoms with Gasteiger partial charge in [0.05, 0.1) is 28.1 Å². The van der Waals surface area contributed by atoms with Crippen molar-refractivity contribution in [1.82, 2.24) is 0 Å². The van der Waals surface area contributed by atoms with Gasteiger partial charge >= 0.3 is 17.9 Å². The molecule has 0 unspecified atom stereocenters. The lowest BCUT2D eigenvalue weighted by atomic mass is 10.1. The number of nitro benzene ring substituents is 1. The van der Waals surface area contributed by atoms with Crippen molar-refractivity contribution in [2.45, 2.75) is 26.4 Å². The highest BCUT2D eigenvalue weighted by atomic mass is 16.6. The number of hydrogen-bond donors (Lipinski definition) is 0. The second-order valence-corrected chi connectivity index (χ2v) is 9.66. The number of esters is 3. The van der Waals surface area contributed by atoms with Crippen LogP contribution in [0.5, 0.6) is 5.75 Å². The molecule has 1 aliphatic rings. The minimum Gasteiger partial charge on any atom is -0.459 e. The van der Waals surface area contributed by atoms with Gasteiger partial charge in [-0.2, -0.15) is 0 Å². The van der Waals surface area contributed by atoms with Gasteiger partial charge in [-0.25, -0.2) is 9.59 Å². The van der Waals surface area contributed by atoms with Gasteiger partial charge in [-0.15, -0.1) is 0 Å². The Morgan fingerprint density at radius 2 is 1.45 bits per heavy atom. The summed E-state index contributed by atoms with van der Waals surface area (Å²) in [5.74, 6) is -3.32. The number of ether oxygens (including phenoxy) is 3. The van der Waals surface area contributed by atoms with E-state index in [0.717, 1.165) is 0 Å². The SMILES string of the molecule is CC(C)OC(=O)c1ccc(N2C[C@H](C(=O)OCC(=O)c3ccc(OC(=O)c4ccc([N+](=O)[O-])cc4)cc3)CC2=O)cc1. The monoisotopic (exact) mass is 574 g/mol. The summed E-state index contributed by atoms with van der Waals surface area (Å²) in [4.78, 5) is 73.6. The minimum absolute atomic E-state index is 0.0659. The number of carbonyl (C=O) groups excluding carboxylic acids is 5. The van der Waals surface area contributed by atoms with Gasteiger partial charge in [0.2, 0.25) is 5.91 Å². The minimum atomic E-state index is -0.767. The number of benzene rings is 3. The first-order valence-electron chi connectivity index (χ1n) is 12.9. The molecule has 0 N–H and O–H groups in total. The van der Waals surface area contributed by atoms with E-state index in [1.54, 1.807) is 38.1 Å². The third-order valence-corrected chi connectivity index (χ3v) is 6.26. The van der Waals surface area contributed by atoms with Crippen LogP contribution in [0.4, 0.5) is 11.4 Å². The van der Waals surface area contributed by atoms with Crippen molar-refractivity contribution in [2.24, 2.45) is 5.92 Å². The Morgan fingerprint density at radius 3 is 2.05 bits per heavy atom. The Bertz CT molecular complexity index is 1510. The number of ketones is 1. The van der Waals surface area contributed by atoms with Gasteiger partial charge in [-0.3, -0.25) is 24.5 Å². The molecule has 0 aliphatic carbocycles. The van der Waals surface area contributed by atoms with E-state index in [9.17, 15) is 34.1 Å². The van der Waals surface area contributed by atoms with E-state index < -0.39 is 41.1 Å². The Hall–Kier alpha value is -5.39. The van der Waals surface area contributed by atoms with Crippen LogP contribution in [0.15, 0.2) is 72.8 Å². The fourth-order valence-electron chi connectivity index (χ4n) is 4.11. The number of amides is 1. The number of rotatable bonds is 10. The van der Waals surface area contributed by atoms with E-state index in [-0.39, 0.29) is 47.5 Å². The van der Waals surface area contributed by atoms with E-state index >= 15 is 0 Å². The van der Waals surface area contributed by atoms with Crippen LogP contribution in [0.2, 0.25) is 0 Å². The van der Waals surface area contributed by atoms with Crippen LogP contribution >= 0.6 is 0 Å². The number of nitrogens with zero attached hydrogens (tertiary/aromatic N) is 2. The fourth-order valence-corrected chi connectivity index (χ4v) is 4.11. The lowest BCUT2D eigenvalue weighted by molar-refractivity contribution is -0.384. The number of hydrogen-bond acceptors (Lipinski definition) is 10. The van der Waals surface area contributed by atoms with Crippen molar-refractivity contribution in [3.05, 3.63) is 99.6 Å². The quantitative estimate of drug-likeness (QED) is 0.113. The summed E-state index contributed by atoms with van der Waals surface area (Å²) >= 11 is 0. The van der Waals surface area contributed by atoms with E-state index in [1.165, 1.54) is 53.4 Å². The molecule has 1 aliphatic heterocycles. The molecule has 3 aromatic carbocycles. The first-order chi connectivity index (χ1) is 20.0.